The summed E-state index contributed by atoms with van der Waals surface area (Å²) in [5.74, 6) is -1.67. The lowest BCUT2D eigenvalue weighted by Gasteiger charge is -2.24. The van der Waals surface area contributed by atoms with Crippen molar-refractivity contribution < 1.29 is 36.2 Å². The topological polar surface area (TPSA) is 94.2 Å². The number of anilines is 2. The van der Waals surface area contributed by atoms with Crippen LogP contribution in [0.3, 0.4) is 0 Å². The van der Waals surface area contributed by atoms with Gasteiger partial charge in [0, 0.05) is 12.1 Å². The number of methoxy groups -OCH3 is 3. The molecule has 0 aromatic heterocycles. The van der Waals surface area contributed by atoms with Gasteiger partial charge in [-0.05, 0) is 48.5 Å². The van der Waals surface area contributed by atoms with Crippen LogP contribution in [-0.4, -0.2) is 42.2 Å². The Kier molecular flexibility index (Phi) is 7.57. The molecule has 0 aliphatic carbocycles. The van der Waals surface area contributed by atoms with Crippen molar-refractivity contribution in [2.75, 3.05) is 37.5 Å². The monoisotopic (exact) mass is 492 g/mol. The number of sulfonamides is 1. The number of hydrogen-bond donors (Lipinski definition) is 1. The lowest BCUT2D eigenvalue weighted by molar-refractivity contribution is -0.114. The Balaban J connectivity index is 2.00. The second kappa shape index (κ2) is 10.4. The smallest absolute Gasteiger partial charge is 0.264 e. The number of rotatable bonds is 9. The molecule has 3 rings (SSSR count). The Morgan fingerprint density at radius 2 is 1.56 bits per heavy atom. The van der Waals surface area contributed by atoms with Crippen LogP contribution in [0.25, 0.3) is 0 Å². The molecule has 0 fully saturated rings. The summed E-state index contributed by atoms with van der Waals surface area (Å²) in [6.07, 6.45) is 0. The summed E-state index contributed by atoms with van der Waals surface area (Å²) in [6.45, 7) is -0.695. The van der Waals surface area contributed by atoms with Crippen LogP contribution in [0.5, 0.6) is 17.2 Å². The second-order valence-corrected chi connectivity index (χ2v) is 8.76. The van der Waals surface area contributed by atoms with E-state index in [2.05, 4.69) is 5.32 Å². The molecular weight excluding hydrogens is 470 g/mol. The normalized spacial score (nSPS) is 11.0. The van der Waals surface area contributed by atoms with Crippen LogP contribution < -0.4 is 23.8 Å². The molecule has 0 heterocycles. The van der Waals surface area contributed by atoms with E-state index in [1.165, 1.54) is 63.8 Å². The Bertz CT molecular complexity index is 1280. The Hall–Kier alpha value is -3.86. The summed E-state index contributed by atoms with van der Waals surface area (Å²) in [7, 11) is -0.0643. The number of amides is 1. The van der Waals surface area contributed by atoms with Gasteiger partial charge in [0.2, 0.25) is 5.91 Å². The van der Waals surface area contributed by atoms with Gasteiger partial charge >= 0.3 is 0 Å². The van der Waals surface area contributed by atoms with Crippen molar-refractivity contribution in [2.45, 2.75) is 4.90 Å². The predicted molar refractivity (Wildman–Crippen MR) is 122 cm³/mol. The van der Waals surface area contributed by atoms with Crippen LogP contribution >= 0.6 is 0 Å². The van der Waals surface area contributed by atoms with Crippen molar-refractivity contribution in [3.05, 3.63) is 72.3 Å². The molecule has 8 nitrogen and oxygen atoms in total. The molecule has 0 saturated carbocycles. The molecule has 0 atom stereocenters. The first kappa shape index (κ1) is 24.8. The zero-order chi connectivity index (χ0) is 24.9. The first-order chi connectivity index (χ1) is 16.2. The van der Waals surface area contributed by atoms with Crippen molar-refractivity contribution in [3.8, 4) is 17.2 Å². The highest BCUT2D eigenvalue weighted by atomic mass is 32.2. The largest absolute Gasteiger partial charge is 0.497 e. The number of hydrogen-bond acceptors (Lipinski definition) is 6. The molecule has 3 aromatic carbocycles. The van der Waals surface area contributed by atoms with E-state index >= 15 is 0 Å². The molecule has 1 N–H and O–H groups in total. The quantitative estimate of drug-likeness (QED) is 0.488. The summed E-state index contributed by atoms with van der Waals surface area (Å²) in [4.78, 5) is 12.5. The molecule has 0 radical (unpaired) electrons. The maximum absolute atomic E-state index is 14.0. The minimum atomic E-state index is -4.29. The summed E-state index contributed by atoms with van der Waals surface area (Å²) < 4.78 is 70.6. The third-order valence-corrected chi connectivity index (χ3v) is 6.57. The van der Waals surface area contributed by atoms with Gasteiger partial charge in [-0.3, -0.25) is 9.10 Å². The molecule has 0 unspecified atom stereocenters. The molecular formula is C23H22F2N2O6S. The van der Waals surface area contributed by atoms with E-state index in [4.69, 9.17) is 14.2 Å². The first-order valence-corrected chi connectivity index (χ1v) is 11.3. The standard InChI is InChI=1S/C23H22F2N2O6S/c1-31-17-7-5-16(6-8-17)27(14-23(28)26-20-10-4-15(24)12-19(20)25)34(29,30)18-9-11-21(32-2)22(13-18)33-3/h4-13H,14H2,1-3H3,(H,26,28). The zero-order valence-electron chi connectivity index (χ0n) is 18.5. The maximum Gasteiger partial charge on any atom is 0.264 e. The number of nitrogens with zero attached hydrogens (tertiary/aromatic N) is 1. The minimum absolute atomic E-state index is 0.158. The van der Waals surface area contributed by atoms with Crippen molar-refractivity contribution >= 4 is 27.3 Å². The number of carbonyl (C=O) groups is 1. The molecule has 0 saturated heterocycles. The van der Waals surface area contributed by atoms with Crippen LogP contribution in [0.4, 0.5) is 20.2 Å². The van der Waals surface area contributed by atoms with Crippen molar-refractivity contribution in [1.29, 1.82) is 0 Å². The van der Waals surface area contributed by atoms with Crippen molar-refractivity contribution in [1.82, 2.24) is 0 Å². The van der Waals surface area contributed by atoms with Crippen LogP contribution in [0.2, 0.25) is 0 Å². The van der Waals surface area contributed by atoms with Gasteiger partial charge in [-0.2, -0.15) is 0 Å². The molecule has 34 heavy (non-hydrogen) atoms. The van der Waals surface area contributed by atoms with Gasteiger partial charge in [-0.1, -0.05) is 0 Å². The molecule has 0 bridgehead atoms. The Labute approximate surface area is 195 Å². The maximum atomic E-state index is 14.0. The number of ether oxygens (including phenoxy) is 3. The average Bonchev–Trinajstić information content (AvgIpc) is 2.83. The van der Waals surface area contributed by atoms with Gasteiger partial charge in [0.15, 0.2) is 11.5 Å². The summed E-state index contributed by atoms with van der Waals surface area (Å²) >= 11 is 0. The van der Waals surface area contributed by atoms with Gasteiger partial charge in [0.25, 0.3) is 10.0 Å². The lowest BCUT2D eigenvalue weighted by atomic mass is 10.3. The SMILES string of the molecule is COc1ccc(N(CC(=O)Nc2ccc(F)cc2F)S(=O)(=O)c2ccc(OC)c(OC)c2)cc1. The number of nitrogens with one attached hydrogen (secondary N) is 1. The van der Waals surface area contributed by atoms with Gasteiger partial charge in [0.05, 0.1) is 37.6 Å². The van der Waals surface area contributed by atoms with E-state index in [1.54, 1.807) is 0 Å². The van der Waals surface area contributed by atoms with Gasteiger partial charge in [0.1, 0.15) is 23.9 Å². The molecule has 180 valence electrons. The van der Waals surface area contributed by atoms with Crippen molar-refractivity contribution in [3.63, 3.8) is 0 Å². The number of benzene rings is 3. The van der Waals surface area contributed by atoms with Crippen molar-refractivity contribution in [2.24, 2.45) is 0 Å². The third-order valence-electron chi connectivity index (χ3n) is 4.80. The van der Waals surface area contributed by atoms with E-state index < -0.39 is 34.1 Å². The summed E-state index contributed by atoms with van der Waals surface area (Å²) in [6, 6.07) is 12.6. The minimum Gasteiger partial charge on any atom is -0.497 e. The fraction of sp³-hybridized carbons (Fsp3) is 0.174. The van der Waals surface area contributed by atoms with E-state index in [0.29, 0.717) is 17.6 Å². The molecule has 3 aromatic rings. The fourth-order valence-corrected chi connectivity index (χ4v) is 4.52. The lowest BCUT2D eigenvalue weighted by Crippen LogP contribution is -2.38. The average molecular weight is 493 g/mol. The predicted octanol–water partition coefficient (Wildman–Crippen LogP) is 3.82. The molecule has 0 aliphatic rings. The molecule has 11 heteroatoms. The van der Waals surface area contributed by atoms with Crippen LogP contribution in [0, 0.1) is 11.6 Å². The number of halogens is 2. The summed E-state index contributed by atoms with van der Waals surface area (Å²) in [5.41, 5.74) is -0.130. The van der Waals surface area contributed by atoms with Crippen LogP contribution in [0.1, 0.15) is 0 Å². The van der Waals surface area contributed by atoms with Crippen LogP contribution in [0.15, 0.2) is 65.6 Å². The van der Waals surface area contributed by atoms with Gasteiger partial charge < -0.3 is 19.5 Å². The Morgan fingerprint density at radius 3 is 2.15 bits per heavy atom. The zero-order valence-corrected chi connectivity index (χ0v) is 19.4. The van der Waals surface area contributed by atoms with Gasteiger partial charge in [-0.15, -0.1) is 0 Å². The molecule has 1 amide bonds. The van der Waals surface area contributed by atoms with E-state index in [0.717, 1.165) is 16.4 Å². The fourth-order valence-electron chi connectivity index (χ4n) is 3.08. The van der Waals surface area contributed by atoms with E-state index in [-0.39, 0.29) is 22.0 Å². The number of carbonyl (C=O) groups excluding carboxylic acids is 1. The third kappa shape index (κ3) is 5.37. The highest BCUT2D eigenvalue weighted by Gasteiger charge is 2.28. The highest BCUT2D eigenvalue weighted by Crippen LogP contribution is 2.32. The summed E-state index contributed by atoms with van der Waals surface area (Å²) in [5, 5.41) is 2.27. The second-order valence-electron chi connectivity index (χ2n) is 6.90. The molecule has 0 spiro atoms. The van der Waals surface area contributed by atoms with Crippen LogP contribution in [-0.2, 0) is 14.8 Å². The van der Waals surface area contributed by atoms with E-state index in [9.17, 15) is 22.0 Å². The first-order valence-electron chi connectivity index (χ1n) is 9.83. The molecule has 0 aliphatic heterocycles. The Morgan fingerprint density at radius 1 is 0.882 bits per heavy atom. The highest BCUT2D eigenvalue weighted by molar-refractivity contribution is 7.92. The van der Waals surface area contributed by atoms with Gasteiger partial charge in [-0.25, -0.2) is 17.2 Å². The van der Waals surface area contributed by atoms with E-state index in [1.807, 2.05) is 0 Å².